The summed E-state index contributed by atoms with van der Waals surface area (Å²) in [5.74, 6) is -3.52. The van der Waals surface area contributed by atoms with Crippen LogP contribution < -0.4 is 5.32 Å². The highest BCUT2D eigenvalue weighted by atomic mass is 35.5. The van der Waals surface area contributed by atoms with Gasteiger partial charge in [0.2, 0.25) is 0 Å². The SMILES string of the molecule is Cl.O=[N+]([O-])c1ccc(Cl)cc1[C@H](N1CCNCC1)C(F)(F)CO. The third kappa shape index (κ3) is 4.48. The topological polar surface area (TPSA) is 78.6 Å². The zero-order chi connectivity index (χ0) is 16.3. The first-order valence-corrected chi connectivity index (χ1v) is 7.12. The van der Waals surface area contributed by atoms with E-state index in [9.17, 15) is 18.9 Å². The van der Waals surface area contributed by atoms with Crippen LogP contribution in [-0.4, -0.2) is 53.6 Å². The molecule has 2 N–H and O–H groups in total. The van der Waals surface area contributed by atoms with Gasteiger partial charge < -0.3 is 10.4 Å². The van der Waals surface area contributed by atoms with Crippen LogP contribution in [0.1, 0.15) is 11.6 Å². The van der Waals surface area contributed by atoms with E-state index in [1.807, 2.05) is 0 Å². The van der Waals surface area contributed by atoms with Crippen molar-refractivity contribution in [2.75, 3.05) is 32.8 Å². The minimum absolute atomic E-state index is 0. The largest absolute Gasteiger partial charge is 0.390 e. The second kappa shape index (κ2) is 8.16. The molecule has 1 saturated heterocycles. The predicted molar refractivity (Wildman–Crippen MR) is 84.6 cm³/mol. The Morgan fingerprint density at radius 1 is 1.43 bits per heavy atom. The van der Waals surface area contributed by atoms with Crippen LogP contribution in [0.25, 0.3) is 0 Å². The maximum Gasteiger partial charge on any atom is 0.290 e. The number of nitrogens with zero attached hydrogens (tertiary/aromatic N) is 2. The van der Waals surface area contributed by atoms with E-state index in [0.717, 1.165) is 6.07 Å². The fraction of sp³-hybridized carbons (Fsp3) is 0.538. The molecule has 0 bridgehead atoms. The Morgan fingerprint density at radius 2 is 2.04 bits per heavy atom. The maximum atomic E-state index is 14.3. The van der Waals surface area contributed by atoms with Crippen molar-refractivity contribution >= 4 is 29.7 Å². The molecule has 23 heavy (non-hydrogen) atoms. The minimum atomic E-state index is -3.52. The molecule has 1 aromatic carbocycles. The van der Waals surface area contributed by atoms with Gasteiger partial charge in [-0.25, -0.2) is 8.78 Å². The van der Waals surface area contributed by atoms with Crippen LogP contribution in [0, 0.1) is 10.1 Å². The average molecular weight is 372 g/mol. The lowest BCUT2D eigenvalue weighted by Gasteiger charge is -2.38. The molecule has 0 spiro atoms. The lowest BCUT2D eigenvalue weighted by Crippen LogP contribution is -2.51. The molecule has 0 amide bonds. The van der Waals surface area contributed by atoms with Crippen LogP contribution in [-0.2, 0) is 0 Å². The lowest BCUT2D eigenvalue weighted by molar-refractivity contribution is -0.386. The summed E-state index contributed by atoms with van der Waals surface area (Å²) in [4.78, 5) is 11.9. The number of hydrogen-bond donors (Lipinski definition) is 2. The highest BCUT2D eigenvalue weighted by Crippen LogP contribution is 2.41. The normalized spacial score (nSPS) is 17.4. The molecular formula is C13H17Cl2F2N3O3. The van der Waals surface area contributed by atoms with Gasteiger partial charge in [-0.2, -0.15) is 0 Å². The fourth-order valence-electron chi connectivity index (χ4n) is 2.63. The van der Waals surface area contributed by atoms with E-state index < -0.39 is 29.2 Å². The van der Waals surface area contributed by atoms with Crippen LogP contribution in [0.15, 0.2) is 18.2 Å². The van der Waals surface area contributed by atoms with Crippen molar-refractivity contribution in [1.29, 1.82) is 0 Å². The maximum absolute atomic E-state index is 14.3. The van der Waals surface area contributed by atoms with Crippen molar-refractivity contribution in [3.8, 4) is 0 Å². The first-order chi connectivity index (χ1) is 10.4. The average Bonchev–Trinajstić information content (AvgIpc) is 2.48. The molecule has 0 radical (unpaired) electrons. The van der Waals surface area contributed by atoms with Crippen LogP contribution in [0.4, 0.5) is 14.5 Å². The molecule has 1 aliphatic heterocycles. The van der Waals surface area contributed by atoms with Crippen molar-refractivity contribution in [3.63, 3.8) is 0 Å². The second-order valence-electron chi connectivity index (χ2n) is 5.07. The van der Waals surface area contributed by atoms with E-state index >= 15 is 0 Å². The first kappa shape index (κ1) is 20.0. The summed E-state index contributed by atoms with van der Waals surface area (Å²) in [6.07, 6.45) is 0. The van der Waals surface area contributed by atoms with Gasteiger partial charge in [0.05, 0.1) is 10.5 Å². The Bertz CT molecular complexity index is 557. The number of piperazine rings is 1. The van der Waals surface area contributed by atoms with E-state index in [4.69, 9.17) is 16.7 Å². The summed E-state index contributed by atoms with van der Waals surface area (Å²) < 4.78 is 28.6. The highest BCUT2D eigenvalue weighted by molar-refractivity contribution is 6.30. The summed E-state index contributed by atoms with van der Waals surface area (Å²) in [5, 5.41) is 23.4. The number of aliphatic hydroxyl groups is 1. The monoisotopic (exact) mass is 371 g/mol. The Morgan fingerprint density at radius 3 is 2.57 bits per heavy atom. The number of alkyl halides is 2. The molecule has 1 heterocycles. The third-order valence-electron chi connectivity index (χ3n) is 3.61. The highest BCUT2D eigenvalue weighted by Gasteiger charge is 2.46. The van der Waals surface area contributed by atoms with Crippen LogP contribution in [0.5, 0.6) is 0 Å². The quantitative estimate of drug-likeness (QED) is 0.612. The van der Waals surface area contributed by atoms with E-state index in [1.165, 1.54) is 17.0 Å². The zero-order valence-corrected chi connectivity index (χ0v) is 13.6. The molecular weight excluding hydrogens is 355 g/mol. The van der Waals surface area contributed by atoms with Crippen molar-refractivity contribution in [2.45, 2.75) is 12.0 Å². The third-order valence-corrected chi connectivity index (χ3v) is 3.84. The molecule has 0 unspecified atom stereocenters. The summed E-state index contributed by atoms with van der Waals surface area (Å²) in [6.45, 7) is 0.178. The van der Waals surface area contributed by atoms with Gasteiger partial charge >= 0.3 is 0 Å². The lowest BCUT2D eigenvalue weighted by atomic mass is 9.96. The Hall–Kier alpha value is -1.06. The number of nitro groups is 1. The molecule has 1 aromatic rings. The number of rotatable bonds is 5. The molecule has 0 aliphatic carbocycles. The Balaban J connectivity index is 0.00000264. The summed E-state index contributed by atoms with van der Waals surface area (Å²) in [5.41, 5.74) is -0.612. The molecule has 0 aromatic heterocycles. The van der Waals surface area contributed by atoms with Crippen LogP contribution in [0.2, 0.25) is 5.02 Å². The molecule has 6 nitrogen and oxygen atoms in total. The van der Waals surface area contributed by atoms with Gasteiger partial charge in [-0.3, -0.25) is 15.0 Å². The number of hydrogen-bond acceptors (Lipinski definition) is 5. The van der Waals surface area contributed by atoms with Gasteiger partial charge in [-0.1, -0.05) is 11.6 Å². The molecule has 130 valence electrons. The van der Waals surface area contributed by atoms with Gasteiger partial charge in [-0.15, -0.1) is 12.4 Å². The second-order valence-corrected chi connectivity index (χ2v) is 5.50. The molecule has 1 aliphatic rings. The summed E-state index contributed by atoms with van der Waals surface area (Å²) in [6, 6.07) is 1.98. The fourth-order valence-corrected chi connectivity index (χ4v) is 2.81. The molecule has 0 saturated carbocycles. The smallest absolute Gasteiger partial charge is 0.290 e. The van der Waals surface area contributed by atoms with Gasteiger partial charge in [0.1, 0.15) is 12.6 Å². The summed E-state index contributed by atoms with van der Waals surface area (Å²) >= 11 is 5.84. The van der Waals surface area contributed by atoms with E-state index in [-0.39, 0.29) is 23.0 Å². The zero-order valence-electron chi connectivity index (χ0n) is 12.0. The van der Waals surface area contributed by atoms with Gasteiger partial charge in [0, 0.05) is 37.3 Å². The standard InChI is InChI=1S/C13H16ClF2N3O3.ClH/c14-9-1-2-11(19(21)22)10(7-9)12(13(15,16)8-20)18-5-3-17-4-6-18;/h1-2,7,12,17,20H,3-6,8H2;1H/t12-;/m0./s1. The Labute approximate surface area is 143 Å². The van der Waals surface area contributed by atoms with Crippen molar-refractivity contribution in [3.05, 3.63) is 38.9 Å². The van der Waals surface area contributed by atoms with Gasteiger partial charge in [0.15, 0.2) is 0 Å². The van der Waals surface area contributed by atoms with Crippen LogP contribution in [0.3, 0.4) is 0 Å². The number of halogens is 4. The van der Waals surface area contributed by atoms with Crippen molar-refractivity contribution in [1.82, 2.24) is 10.2 Å². The van der Waals surface area contributed by atoms with E-state index in [1.54, 1.807) is 0 Å². The molecule has 10 heteroatoms. The summed E-state index contributed by atoms with van der Waals surface area (Å²) in [7, 11) is 0. The molecule has 2 rings (SSSR count). The molecule has 1 atom stereocenters. The first-order valence-electron chi connectivity index (χ1n) is 6.74. The number of nitro benzene ring substituents is 1. The Kier molecular flexibility index (Phi) is 7.09. The van der Waals surface area contributed by atoms with E-state index in [0.29, 0.717) is 26.2 Å². The number of aliphatic hydroxyl groups excluding tert-OH is 1. The number of nitrogens with one attached hydrogen (secondary N) is 1. The van der Waals surface area contributed by atoms with E-state index in [2.05, 4.69) is 5.32 Å². The van der Waals surface area contributed by atoms with Crippen molar-refractivity contribution in [2.24, 2.45) is 0 Å². The minimum Gasteiger partial charge on any atom is -0.390 e. The molecule has 1 fully saturated rings. The van der Waals surface area contributed by atoms with Gasteiger partial charge in [0.25, 0.3) is 11.6 Å². The van der Waals surface area contributed by atoms with Crippen LogP contribution >= 0.6 is 24.0 Å². The van der Waals surface area contributed by atoms with Crippen molar-refractivity contribution < 1.29 is 18.8 Å². The predicted octanol–water partition coefficient (Wildman–Crippen LogP) is 2.24. The number of benzene rings is 1. The van der Waals surface area contributed by atoms with Gasteiger partial charge in [-0.05, 0) is 12.1 Å².